The monoisotopic (exact) mass is 366 g/mol. The van der Waals surface area contributed by atoms with Gasteiger partial charge in [0.05, 0.1) is 25.1 Å². The van der Waals surface area contributed by atoms with Crippen molar-refractivity contribution in [1.82, 2.24) is 14.9 Å². The molecular formula is C20H22N4O3. The zero-order chi connectivity index (χ0) is 18.6. The number of carbonyl (C=O) groups excluding carboxylic acids is 2. The first kappa shape index (κ1) is 17.6. The Kier molecular flexibility index (Phi) is 5.11. The normalized spacial score (nSPS) is 20.1. The number of amides is 2. The summed E-state index contributed by atoms with van der Waals surface area (Å²) in [6.07, 6.45) is 4.31. The molecule has 1 atom stereocenters. The average Bonchev–Trinajstić information content (AvgIpc) is 3.09. The van der Waals surface area contributed by atoms with Crippen molar-refractivity contribution in [3.8, 4) is 0 Å². The van der Waals surface area contributed by atoms with E-state index in [1.54, 1.807) is 11.1 Å². The zero-order valence-electron chi connectivity index (χ0n) is 15.1. The smallest absolute Gasteiger partial charge is 0.274 e. The number of aromatic nitrogens is 2. The molecule has 0 radical (unpaired) electrons. The maximum absolute atomic E-state index is 12.6. The maximum Gasteiger partial charge on any atom is 0.274 e. The van der Waals surface area contributed by atoms with E-state index in [2.05, 4.69) is 9.97 Å². The highest BCUT2D eigenvalue weighted by Crippen LogP contribution is 2.26. The molecule has 4 rings (SSSR count). The second kappa shape index (κ2) is 7.84. The average molecular weight is 366 g/mol. The van der Waals surface area contributed by atoms with Gasteiger partial charge in [-0.15, -0.1) is 0 Å². The molecule has 0 spiro atoms. The first-order valence-electron chi connectivity index (χ1n) is 9.24. The number of nitrogens with zero attached hydrogens (tertiary/aromatic N) is 4. The van der Waals surface area contributed by atoms with Crippen molar-refractivity contribution in [2.24, 2.45) is 5.92 Å². The van der Waals surface area contributed by atoms with E-state index < -0.39 is 0 Å². The van der Waals surface area contributed by atoms with Crippen molar-refractivity contribution in [3.05, 3.63) is 54.1 Å². The van der Waals surface area contributed by atoms with E-state index in [9.17, 15) is 9.59 Å². The first-order valence-corrected chi connectivity index (χ1v) is 9.24. The number of morpholine rings is 1. The summed E-state index contributed by atoms with van der Waals surface area (Å²) in [6, 6.07) is 9.70. The molecule has 0 saturated carbocycles. The fourth-order valence-electron chi connectivity index (χ4n) is 3.61. The summed E-state index contributed by atoms with van der Waals surface area (Å²) in [5, 5.41) is 0. The van der Waals surface area contributed by atoms with Crippen LogP contribution in [0.1, 0.15) is 22.6 Å². The van der Waals surface area contributed by atoms with Crippen molar-refractivity contribution in [2.45, 2.75) is 12.8 Å². The summed E-state index contributed by atoms with van der Waals surface area (Å²) in [7, 11) is 0. The standard InChI is InChI=1S/C20H22N4O3/c25-19-11-15(14-24(19)17-4-2-1-3-5-17)10-16-12-21-13-18(22-16)20(26)23-6-8-27-9-7-23/h1-5,12-13,15H,6-11,14H2. The van der Waals surface area contributed by atoms with E-state index in [1.807, 2.05) is 35.2 Å². The van der Waals surface area contributed by atoms with Gasteiger partial charge in [-0.1, -0.05) is 18.2 Å². The largest absolute Gasteiger partial charge is 0.378 e. The number of hydrogen-bond acceptors (Lipinski definition) is 5. The Morgan fingerprint density at radius 3 is 2.70 bits per heavy atom. The Labute approximate surface area is 158 Å². The van der Waals surface area contributed by atoms with E-state index in [0.717, 1.165) is 11.4 Å². The number of ether oxygens (including phenoxy) is 1. The van der Waals surface area contributed by atoms with Crippen molar-refractivity contribution < 1.29 is 14.3 Å². The Bertz CT molecular complexity index is 821. The van der Waals surface area contributed by atoms with Gasteiger partial charge in [0, 0.05) is 37.9 Å². The Morgan fingerprint density at radius 1 is 1.15 bits per heavy atom. The SMILES string of the molecule is O=C(c1cncc(CC2CC(=O)N(c3ccccc3)C2)n1)N1CCOCC1. The van der Waals surface area contributed by atoms with E-state index in [-0.39, 0.29) is 17.7 Å². The van der Waals surface area contributed by atoms with Gasteiger partial charge < -0.3 is 14.5 Å². The van der Waals surface area contributed by atoms with E-state index in [0.29, 0.717) is 51.4 Å². The van der Waals surface area contributed by atoms with Crippen LogP contribution in [-0.4, -0.2) is 59.5 Å². The van der Waals surface area contributed by atoms with Crippen molar-refractivity contribution in [2.75, 3.05) is 37.7 Å². The summed E-state index contributed by atoms with van der Waals surface area (Å²) in [5.41, 5.74) is 2.03. The van der Waals surface area contributed by atoms with Gasteiger partial charge in [0.25, 0.3) is 5.91 Å². The van der Waals surface area contributed by atoms with Crippen molar-refractivity contribution in [3.63, 3.8) is 0 Å². The fraction of sp³-hybridized carbons (Fsp3) is 0.400. The van der Waals surface area contributed by atoms with Gasteiger partial charge in [0.1, 0.15) is 5.69 Å². The first-order chi connectivity index (χ1) is 13.2. The molecule has 1 aromatic heterocycles. The summed E-state index contributed by atoms with van der Waals surface area (Å²) in [4.78, 5) is 37.2. The lowest BCUT2D eigenvalue weighted by Crippen LogP contribution is -2.41. The molecule has 0 N–H and O–H groups in total. The molecule has 2 fully saturated rings. The lowest BCUT2D eigenvalue weighted by atomic mass is 10.0. The quantitative estimate of drug-likeness (QED) is 0.821. The van der Waals surface area contributed by atoms with Crippen LogP contribution >= 0.6 is 0 Å². The fourth-order valence-corrected chi connectivity index (χ4v) is 3.61. The van der Waals surface area contributed by atoms with Crippen LogP contribution in [-0.2, 0) is 16.0 Å². The number of hydrogen-bond donors (Lipinski definition) is 0. The molecule has 2 aromatic rings. The second-order valence-corrected chi connectivity index (χ2v) is 6.91. The molecule has 3 heterocycles. The minimum Gasteiger partial charge on any atom is -0.378 e. The highest BCUT2D eigenvalue weighted by Gasteiger charge is 2.31. The summed E-state index contributed by atoms with van der Waals surface area (Å²) >= 11 is 0. The molecule has 2 aliphatic rings. The van der Waals surface area contributed by atoms with E-state index in [4.69, 9.17) is 4.74 Å². The number of rotatable bonds is 4. The molecule has 0 bridgehead atoms. The molecule has 2 saturated heterocycles. The van der Waals surface area contributed by atoms with E-state index in [1.165, 1.54) is 6.20 Å². The predicted octanol–water partition coefficient (Wildman–Crippen LogP) is 1.54. The molecule has 7 nitrogen and oxygen atoms in total. The number of para-hydroxylation sites is 1. The molecular weight excluding hydrogens is 344 g/mol. The topological polar surface area (TPSA) is 75.6 Å². The lowest BCUT2D eigenvalue weighted by molar-refractivity contribution is -0.117. The highest BCUT2D eigenvalue weighted by atomic mass is 16.5. The van der Waals surface area contributed by atoms with Crippen molar-refractivity contribution >= 4 is 17.5 Å². The Balaban J connectivity index is 1.43. The molecule has 140 valence electrons. The Morgan fingerprint density at radius 2 is 1.93 bits per heavy atom. The van der Waals surface area contributed by atoms with Crippen LogP contribution in [0.3, 0.4) is 0 Å². The molecule has 0 aliphatic carbocycles. The van der Waals surface area contributed by atoms with Crippen LogP contribution in [0.4, 0.5) is 5.69 Å². The number of carbonyl (C=O) groups is 2. The van der Waals surface area contributed by atoms with Crippen molar-refractivity contribution in [1.29, 1.82) is 0 Å². The third kappa shape index (κ3) is 3.98. The summed E-state index contributed by atoms with van der Waals surface area (Å²) in [6.45, 7) is 2.92. The van der Waals surface area contributed by atoms with Crippen LogP contribution in [0.15, 0.2) is 42.7 Å². The molecule has 27 heavy (non-hydrogen) atoms. The highest BCUT2D eigenvalue weighted by molar-refractivity contribution is 5.95. The van der Waals surface area contributed by atoms with Gasteiger partial charge in [-0.25, -0.2) is 4.98 Å². The third-order valence-corrected chi connectivity index (χ3v) is 4.97. The second-order valence-electron chi connectivity index (χ2n) is 6.91. The molecule has 2 aliphatic heterocycles. The third-order valence-electron chi connectivity index (χ3n) is 4.97. The molecule has 1 aromatic carbocycles. The van der Waals surface area contributed by atoms with Crippen LogP contribution in [0.25, 0.3) is 0 Å². The van der Waals surface area contributed by atoms with Crippen LogP contribution in [0, 0.1) is 5.92 Å². The van der Waals surface area contributed by atoms with Gasteiger partial charge in [0.15, 0.2) is 0 Å². The zero-order valence-corrected chi connectivity index (χ0v) is 15.1. The van der Waals surface area contributed by atoms with Gasteiger partial charge in [0.2, 0.25) is 5.91 Å². The van der Waals surface area contributed by atoms with E-state index >= 15 is 0 Å². The molecule has 7 heteroatoms. The van der Waals surface area contributed by atoms with Gasteiger partial charge in [-0.05, 0) is 24.5 Å². The van der Waals surface area contributed by atoms with Gasteiger partial charge in [-0.2, -0.15) is 0 Å². The lowest BCUT2D eigenvalue weighted by Gasteiger charge is -2.26. The molecule has 2 amide bonds. The molecule has 1 unspecified atom stereocenters. The van der Waals surface area contributed by atoms with Crippen LogP contribution < -0.4 is 4.90 Å². The summed E-state index contributed by atoms with van der Waals surface area (Å²) < 4.78 is 5.29. The predicted molar refractivity (Wildman–Crippen MR) is 99.4 cm³/mol. The van der Waals surface area contributed by atoms with Crippen LogP contribution in [0.5, 0.6) is 0 Å². The minimum atomic E-state index is -0.110. The van der Waals surface area contributed by atoms with Gasteiger partial charge in [-0.3, -0.25) is 14.6 Å². The number of benzene rings is 1. The Hall–Kier alpha value is -2.80. The maximum atomic E-state index is 12.6. The summed E-state index contributed by atoms with van der Waals surface area (Å²) in [5.74, 6) is 0.182. The number of anilines is 1. The minimum absolute atomic E-state index is 0.110. The van der Waals surface area contributed by atoms with Crippen LogP contribution in [0.2, 0.25) is 0 Å². The van der Waals surface area contributed by atoms with Gasteiger partial charge >= 0.3 is 0 Å².